The molecule has 0 bridgehead atoms. The minimum Gasteiger partial charge on any atom is -0.497 e. The Bertz CT molecular complexity index is 1380. The molecule has 8 nitrogen and oxygen atoms in total. The number of ether oxygens (including phenoxy) is 1. The van der Waals surface area contributed by atoms with Gasteiger partial charge in [-0.3, -0.25) is 13.9 Å². The van der Waals surface area contributed by atoms with Gasteiger partial charge >= 0.3 is 0 Å². The number of likely N-dealkylation sites (N-methyl/N-ethyl adjacent to an activating group) is 1. The number of anilines is 1. The van der Waals surface area contributed by atoms with E-state index in [9.17, 15) is 18.0 Å². The highest BCUT2D eigenvalue weighted by atomic mass is 32.2. The lowest BCUT2D eigenvalue weighted by Gasteiger charge is -2.33. The van der Waals surface area contributed by atoms with Crippen LogP contribution in [0.1, 0.15) is 43.4 Å². The molecule has 1 N–H and O–H groups in total. The molecular formula is C31H39N3O5S. The Morgan fingerprint density at radius 1 is 0.925 bits per heavy atom. The Labute approximate surface area is 238 Å². The fourth-order valence-corrected chi connectivity index (χ4v) is 5.30. The van der Waals surface area contributed by atoms with Crippen molar-refractivity contribution in [3.8, 4) is 5.75 Å². The zero-order chi connectivity index (χ0) is 29.3. The van der Waals surface area contributed by atoms with E-state index in [4.69, 9.17) is 4.74 Å². The number of carbonyl (C=O) groups is 2. The summed E-state index contributed by atoms with van der Waals surface area (Å²) in [6.07, 6.45) is 1.35. The van der Waals surface area contributed by atoms with Crippen LogP contribution < -0.4 is 14.4 Å². The molecule has 1 unspecified atom stereocenters. The molecule has 1 atom stereocenters. The summed E-state index contributed by atoms with van der Waals surface area (Å²) in [5, 5.41) is 2.85. The number of carbonyl (C=O) groups excluding carboxylic acids is 2. The fourth-order valence-electron chi connectivity index (χ4n) is 4.45. The lowest BCUT2D eigenvalue weighted by Crippen LogP contribution is -2.53. The van der Waals surface area contributed by atoms with Gasteiger partial charge in [0.15, 0.2) is 0 Å². The van der Waals surface area contributed by atoms with Crippen molar-refractivity contribution in [3.05, 3.63) is 95.6 Å². The standard InChI is InChI=1S/C31H39N3O5S/c1-6-32-31(36)29(20-24-11-8-7-9-12-24)33(21-25-13-10-14-28(19-25)39-4)30(35)22-34(40(5,37)38)27-17-15-26(16-18-27)23(2)3/h7-19,23,29H,6,20-22H2,1-5H3,(H,32,36). The highest BCUT2D eigenvalue weighted by Gasteiger charge is 2.33. The molecule has 0 aromatic heterocycles. The van der Waals surface area contributed by atoms with Gasteiger partial charge in [-0.2, -0.15) is 0 Å². The topological polar surface area (TPSA) is 96.0 Å². The van der Waals surface area contributed by atoms with Crippen molar-refractivity contribution in [1.82, 2.24) is 10.2 Å². The molecule has 214 valence electrons. The summed E-state index contributed by atoms with van der Waals surface area (Å²) in [7, 11) is -2.25. The Morgan fingerprint density at radius 3 is 2.15 bits per heavy atom. The molecule has 0 spiro atoms. The SMILES string of the molecule is CCNC(=O)C(Cc1ccccc1)N(Cc1cccc(OC)c1)C(=O)CN(c1ccc(C(C)C)cc1)S(C)(=O)=O. The van der Waals surface area contributed by atoms with E-state index < -0.39 is 28.5 Å². The van der Waals surface area contributed by atoms with Crippen molar-refractivity contribution in [3.63, 3.8) is 0 Å². The summed E-state index contributed by atoms with van der Waals surface area (Å²) in [6, 6.07) is 23.0. The second-order valence-corrected chi connectivity index (χ2v) is 11.9. The number of hydrogen-bond donors (Lipinski definition) is 1. The Hall–Kier alpha value is -3.85. The molecule has 0 aliphatic rings. The van der Waals surface area contributed by atoms with Gasteiger partial charge in [0.1, 0.15) is 18.3 Å². The number of methoxy groups -OCH3 is 1. The van der Waals surface area contributed by atoms with Gasteiger partial charge in [0, 0.05) is 19.5 Å². The average Bonchev–Trinajstić information content (AvgIpc) is 2.93. The van der Waals surface area contributed by atoms with E-state index in [-0.39, 0.29) is 24.8 Å². The van der Waals surface area contributed by atoms with Gasteiger partial charge < -0.3 is 15.0 Å². The first-order chi connectivity index (χ1) is 19.0. The maximum Gasteiger partial charge on any atom is 0.244 e. The van der Waals surface area contributed by atoms with E-state index in [1.54, 1.807) is 31.4 Å². The number of hydrogen-bond acceptors (Lipinski definition) is 5. The van der Waals surface area contributed by atoms with E-state index in [2.05, 4.69) is 19.2 Å². The third kappa shape index (κ3) is 8.32. The molecule has 40 heavy (non-hydrogen) atoms. The number of sulfonamides is 1. The van der Waals surface area contributed by atoms with Crippen LogP contribution in [-0.4, -0.2) is 57.6 Å². The van der Waals surface area contributed by atoms with E-state index in [0.717, 1.165) is 27.3 Å². The van der Waals surface area contributed by atoms with E-state index in [0.29, 0.717) is 18.0 Å². The molecule has 3 aromatic rings. The second kappa shape index (κ2) is 14.0. The molecule has 0 radical (unpaired) electrons. The monoisotopic (exact) mass is 565 g/mol. The highest BCUT2D eigenvalue weighted by molar-refractivity contribution is 7.92. The summed E-state index contributed by atoms with van der Waals surface area (Å²) in [5.41, 5.74) is 3.08. The maximum atomic E-state index is 14.1. The predicted molar refractivity (Wildman–Crippen MR) is 159 cm³/mol. The summed E-state index contributed by atoms with van der Waals surface area (Å²) < 4.78 is 32.3. The molecule has 3 aromatic carbocycles. The lowest BCUT2D eigenvalue weighted by atomic mass is 10.0. The van der Waals surface area contributed by atoms with Crippen molar-refractivity contribution in [2.45, 2.75) is 45.7 Å². The van der Waals surface area contributed by atoms with Crippen LogP contribution in [0.25, 0.3) is 0 Å². The number of benzene rings is 3. The summed E-state index contributed by atoms with van der Waals surface area (Å²) in [5.74, 6) is 0.0882. The first kappa shape index (κ1) is 30.7. The molecule has 0 aliphatic carbocycles. The maximum absolute atomic E-state index is 14.1. The first-order valence-electron chi connectivity index (χ1n) is 13.3. The third-order valence-corrected chi connectivity index (χ3v) is 7.78. The largest absolute Gasteiger partial charge is 0.497 e. The van der Waals surface area contributed by atoms with Crippen LogP contribution in [0, 0.1) is 0 Å². The van der Waals surface area contributed by atoms with Gasteiger partial charge in [0.05, 0.1) is 19.1 Å². The van der Waals surface area contributed by atoms with Crippen LogP contribution in [-0.2, 0) is 32.6 Å². The van der Waals surface area contributed by atoms with Gasteiger partial charge in [0.25, 0.3) is 0 Å². The Morgan fingerprint density at radius 2 is 1.57 bits per heavy atom. The zero-order valence-corrected chi connectivity index (χ0v) is 24.6. The number of nitrogens with one attached hydrogen (secondary N) is 1. The van der Waals surface area contributed by atoms with Crippen LogP contribution in [0.4, 0.5) is 5.69 Å². The number of nitrogens with zero attached hydrogens (tertiary/aromatic N) is 2. The minimum absolute atomic E-state index is 0.0918. The molecular weight excluding hydrogens is 526 g/mol. The van der Waals surface area contributed by atoms with E-state index in [1.165, 1.54) is 4.90 Å². The van der Waals surface area contributed by atoms with Crippen molar-refractivity contribution in [2.75, 3.05) is 30.8 Å². The number of amides is 2. The Balaban J connectivity index is 2.04. The van der Waals surface area contributed by atoms with Gasteiger partial charge in [-0.1, -0.05) is 68.4 Å². The molecule has 2 amide bonds. The third-order valence-electron chi connectivity index (χ3n) is 6.64. The molecule has 0 saturated carbocycles. The summed E-state index contributed by atoms with van der Waals surface area (Å²) in [6.45, 7) is 5.96. The van der Waals surface area contributed by atoms with Crippen molar-refractivity contribution in [1.29, 1.82) is 0 Å². The van der Waals surface area contributed by atoms with Gasteiger partial charge in [-0.05, 0) is 53.8 Å². The second-order valence-electron chi connectivity index (χ2n) is 9.99. The van der Waals surface area contributed by atoms with E-state index in [1.807, 2.05) is 61.5 Å². The van der Waals surface area contributed by atoms with Crippen LogP contribution in [0.15, 0.2) is 78.9 Å². The minimum atomic E-state index is -3.81. The smallest absolute Gasteiger partial charge is 0.244 e. The van der Waals surface area contributed by atoms with Crippen molar-refractivity contribution >= 4 is 27.5 Å². The van der Waals surface area contributed by atoms with Crippen LogP contribution in [0.3, 0.4) is 0 Å². The molecule has 3 rings (SSSR count). The lowest BCUT2D eigenvalue weighted by molar-refractivity contribution is -0.140. The van der Waals surface area contributed by atoms with Gasteiger partial charge in [0.2, 0.25) is 21.8 Å². The quantitative estimate of drug-likeness (QED) is 0.332. The fraction of sp³-hybridized carbons (Fsp3) is 0.355. The first-order valence-corrected chi connectivity index (χ1v) is 15.2. The summed E-state index contributed by atoms with van der Waals surface area (Å²) in [4.78, 5) is 28.9. The molecule has 9 heteroatoms. The predicted octanol–water partition coefficient (Wildman–Crippen LogP) is 4.36. The molecule has 0 aliphatic heterocycles. The van der Waals surface area contributed by atoms with Crippen molar-refractivity contribution < 1.29 is 22.7 Å². The van der Waals surface area contributed by atoms with Crippen LogP contribution in [0.5, 0.6) is 5.75 Å². The molecule has 0 fully saturated rings. The van der Waals surface area contributed by atoms with Gasteiger partial charge in [-0.15, -0.1) is 0 Å². The highest BCUT2D eigenvalue weighted by Crippen LogP contribution is 2.24. The molecule has 0 heterocycles. The normalized spacial score (nSPS) is 12.1. The number of rotatable bonds is 13. The molecule has 0 saturated heterocycles. The van der Waals surface area contributed by atoms with Crippen molar-refractivity contribution in [2.24, 2.45) is 0 Å². The zero-order valence-electron chi connectivity index (χ0n) is 23.8. The Kier molecular flexibility index (Phi) is 10.7. The van der Waals surface area contributed by atoms with Gasteiger partial charge in [-0.25, -0.2) is 8.42 Å². The summed E-state index contributed by atoms with van der Waals surface area (Å²) >= 11 is 0. The van der Waals surface area contributed by atoms with E-state index >= 15 is 0 Å². The van der Waals surface area contributed by atoms with Crippen LogP contribution >= 0.6 is 0 Å². The van der Waals surface area contributed by atoms with Crippen LogP contribution in [0.2, 0.25) is 0 Å². The average molecular weight is 566 g/mol.